The van der Waals surface area contributed by atoms with Gasteiger partial charge in [-0.15, -0.1) is 0 Å². The molecule has 1 aromatic heterocycles. The molecule has 0 aliphatic carbocycles. The molecule has 1 fully saturated rings. The summed E-state index contributed by atoms with van der Waals surface area (Å²) in [7, 11) is 0. The number of amides is 2. The number of aromatic nitrogens is 1. The van der Waals surface area contributed by atoms with Crippen molar-refractivity contribution in [3.05, 3.63) is 41.8 Å². The van der Waals surface area contributed by atoms with Gasteiger partial charge >= 0.3 is 0 Å². The molecule has 2 heterocycles. The smallest absolute Gasteiger partial charge is 0.273 e. The molecule has 0 bridgehead atoms. The number of hydrogen-bond acceptors (Lipinski definition) is 6. The highest BCUT2D eigenvalue weighted by Gasteiger charge is 2.18. The molecule has 0 unspecified atom stereocenters. The first-order valence-corrected chi connectivity index (χ1v) is 10.0. The van der Waals surface area contributed by atoms with Gasteiger partial charge in [-0.3, -0.25) is 9.59 Å². The van der Waals surface area contributed by atoms with Crippen molar-refractivity contribution in [1.82, 2.24) is 10.5 Å². The van der Waals surface area contributed by atoms with E-state index in [9.17, 15) is 9.59 Å². The second-order valence-electron chi connectivity index (χ2n) is 6.99. The van der Waals surface area contributed by atoms with Gasteiger partial charge in [-0.25, -0.2) is 0 Å². The second kappa shape index (κ2) is 10.6. The van der Waals surface area contributed by atoms with Gasteiger partial charge in [0.05, 0.1) is 6.10 Å². The van der Waals surface area contributed by atoms with E-state index in [0.717, 1.165) is 38.0 Å². The van der Waals surface area contributed by atoms with E-state index < -0.39 is 0 Å². The van der Waals surface area contributed by atoms with Gasteiger partial charge < -0.3 is 24.6 Å². The second-order valence-corrected chi connectivity index (χ2v) is 6.99. The van der Waals surface area contributed by atoms with Crippen LogP contribution in [0.3, 0.4) is 0 Å². The van der Waals surface area contributed by atoms with Crippen LogP contribution >= 0.6 is 0 Å². The van der Waals surface area contributed by atoms with E-state index in [1.165, 1.54) is 0 Å². The quantitative estimate of drug-likeness (QED) is 0.633. The summed E-state index contributed by atoms with van der Waals surface area (Å²) in [5.74, 6) is 0.785. The number of benzene rings is 1. The van der Waals surface area contributed by atoms with Crippen LogP contribution in [0.25, 0.3) is 0 Å². The van der Waals surface area contributed by atoms with Crippen LogP contribution in [0.1, 0.15) is 55.3 Å². The first-order chi connectivity index (χ1) is 14.1. The molecule has 156 valence electrons. The standard InChI is InChI=1S/C21H27N3O5/c1-2-3-6-20(25)23-15-7-9-16(10-8-15)28-14-18-12-19(24-29-18)21(26)22-13-17-5-4-11-27-17/h7-10,12,17H,2-6,11,13-14H2,1H3,(H,22,26)(H,23,25)/t17-/m1/s1. The minimum absolute atomic E-state index is 0.00692. The molecule has 2 aromatic rings. The van der Waals surface area contributed by atoms with Crippen molar-refractivity contribution in [2.24, 2.45) is 0 Å². The molecule has 8 heteroatoms. The van der Waals surface area contributed by atoms with Crippen molar-refractivity contribution in [2.75, 3.05) is 18.5 Å². The average molecular weight is 401 g/mol. The van der Waals surface area contributed by atoms with Gasteiger partial charge in [-0.05, 0) is 43.5 Å². The molecular formula is C21H27N3O5. The number of unbranched alkanes of at least 4 members (excludes halogenated alkanes) is 1. The lowest BCUT2D eigenvalue weighted by Gasteiger charge is -2.09. The van der Waals surface area contributed by atoms with Gasteiger partial charge in [-0.1, -0.05) is 18.5 Å². The highest BCUT2D eigenvalue weighted by molar-refractivity contribution is 5.92. The Morgan fingerprint density at radius 3 is 2.83 bits per heavy atom. The lowest BCUT2D eigenvalue weighted by atomic mass is 10.2. The fraction of sp³-hybridized carbons (Fsp3) is 0.476. The van der Waals surface area contributed by atoms with E-state index in [4.69, 9.17) is 14.0 Å². The largest absolute Gasteiger partial charge is 0.486 e. The Hall–Kier alpha value is -2.87. The molecule has 0 radical (unpaired) electrons. The predicted octanol–water partition coefficient (Wildman–Crippen LogP) is 3.29. The number of hydrogen-bond donors (Lipinski definition) is 2. The minimum Gasteiger partial charge on any atom is -0.486 e. The van der Waals surface area contributed by atoms with Crippen LogP contribution in [0.15, 0.2) is 34.9 Å². The first-order valence-electron chi connectivity index (χ1n) is 10.0. The van der Waals surface area contributed by atoms with E-state index in [2.05, 4.69) is 22.7 Å². The van der Waals surface area contributed by atoms with Gasteiger partial charge in [0.25, 0.3) is 5.91 Å². The first kappa shape index (κ1) is 20.9. The molecule has 29 heavy (non-hydrogen) atoms. The molecule has 1 saturated heterocycles. The zero-order valence-electron chi connectivity index (χ0n) is 16.6. The van der Waals surface area contributed by atoms with E-state index in [1.54, 1.807) is 30.3 Å². The monoisotopic (exact) mass is 401 g/mol. The van der Waals surface area contributed by atoms with Crippen LogP contribution in [0.2, 0.25) is 0 Å². The maximum absolute atomic E-state index is 12.1. The summed E-state index contributed by atoms with van der Waals surface area (Å²) >= 11 is 0. The van der Waals surface area contributed by atoms with Crippen molar-refractivity contribution in [1.29, 1.82) is 0 Å². The van der Waals surface area contributed by atoms with E-state index in [1.807, 2.05) is 0 Å². The topological polar surface area (TPSA) is 103 Å². The molecule has 0 spiro atoms. The summed E-state index contributed by atoms with van der Waals surface area (Å²) in [5, 5.41) is 9.44. The van der Waals surface area contributed by atoms with Crippen LogP contribution < -0.4 is 15.4 Å². The third-order valence-corrected chi connectivity index (χ3v) is 4.58. The number of carbonyl (C=O) groups is 2. The maximum Gasteiger partial charge on any atom is 0.273 e. The Kier molecular flexibility index (Phi) is 7.63. The summed E-state index contributed by atoms with van der Waals surface area (Å²) in [4.78, 5) is 23.9. The third kappa shape index (κ3) is 6.60. The molecule has 2 N–H and O–H groups in total. The summed E-state index contributed by atoms with van der Waals surface area (Å²) in [6.07, 6.45) is 4.44. The van der Waals surface area contributed by atoms with Crippen LogP contribution in [0.5, 0.6) is 5.75 Å². The number of rotatable bonds is 10. The number of ether oxygens (including phenoxy) is 2. The Morgan fingerprint density at radius 1 is 1.28 bits per heavy atom. The summed E-state index contributed by atoms with van der Waals surface area (Å²) in [6.45, 7) is 3.42. The summed E-state index contributed by atoms with van der Waals surface area (Å²) in [5.41, 5.74) is 0.940. The molecule has 3 rings (SSSR count). The molecule has 0 saturated carbocycles. The molecule has 1 aliphatic heterocycles. The van der Waals surface area contributed by atoms with Gasteiger partial charge in [-0.2, -0.15) is 0 Å². The van der Waals surface area contributed by atoms with Gasteiger partial charge in [0.2, 0.25) is 5.91 Å². The maximum atomic E-state index is 12.1. The van der Waals surface area contributed by atoms with E-state index in [-0.39, 0.29) is 30.2 Å². The van der Waals surface area contributed by atoms with E-state index in [0.29, 0.717) is 24.5 Å². The highest BCUT2D eigenvalue weighted by atomic mass is 16.5. The number of nitrogens with zero attached hydrogens (tertiary/aromatic N) is 1. The van der Waals surface area contributed by atoms with Crippen LogP contribution in [0.4, 0.5) is 5.69 Å². The van der Waals surface area contributed by atoms with Crippen molar-refractivity contribution in [2.45, 2.75) is 51.7 Å². The van der Waals surface area contributed by atoms with Gasteiger partial charge in [0, 0.05) is 31.3 Å². The zero-order valence-corrected chi connectivity index (χ0v) is 16.6. The molecule has 8 nitrogen and oxygen atoms in total. The Labute approximate surface area is 169 Å². The lowest BCUT2D eigenvalue weighted by molar-refractivity contribution is -0.116. The Bertz CT molecular complexity index is 797. The van der Waals surface area contributed by atoms with Crippen molar-refractivity contribution in [3.63, 3.8) is 0 Å². The highest BCUT2D eigenvalue weighted by Crippen LogP contribution is 2.18. The molecule has 1 aliphatic rings. The molecule has 1 aromatic carbocycles. The minimum atomic E-state index is -0.293. The van der Waals surface area contributed by atoms with E-state index >= 15 is 0 Å². The predicted molar refractivity (Wildman–Crippen MR) is 107 cm³/mol. The van der Waals surface area contributed by atoms with Crippen molar-refractivity contribution < 1.29 is 23.6 Å². The summed E-state index contributed by atoms with van der Waals surface area (Å²) in [6, 6.07) is 8.66. The average Bonchev–Trinajstić information content (AvgIpc) is 3.42. The van der Waals surface area contributed by atoms with Gasteiger partial charge in [0.1, 0.15) is 12.4 Å². The lowest BCUT2D eigenvalue weighted by Crippen LogP contribution is -2.31. The molecular weight excluding hydrogens is 374 g/mol. The fourth-order valence-corrected chi connectivity index (χ4v) is 2.94. The molecule has 1 atom stereocenters. The number of nitrogens with one attached hydrogen (secondary N) is 2. The normalized spacial score (nSPS) is 15.8. The molecule has 2 amide bonds. The Balaban J connectivity index is 1.43. The SMILES string of the molecule is CCCCC(=O)Nc1ccc(OCc2cc(C(=O)NC[C@H]3CCCO3)no2)cc1. The van der Waals surface area contributed by atoms with Crippen LogP contribution in [0, 0.1) is 0 Å². The zero-order chi connectivity index (χ0) is 20.5. The fourth-order valence-electron chi connectivity index (χ4n) is 2.94. The summed E-state index contributed by atoms with van der Waals surface area (Å²) < 4.78 is 16.3. The number of anilines is 1. The number of carbonyl (C=O) groups excluding carboxylic acids is 2. The van der Waals surface area contributed by atoms with Gasteiger partial charge in [0.15, 0.2) is 11.5 Å². The van der Waals surface area contributed by atoms with Crippen molar-refractivity contribution in [3.8, 4) is 5.75 Å². The Morgan fingerprint density at radius 2 is 2.10 bits per heavy atom. The van der Waals surface area contributed by atoms with Crippen LogP contribution in [-0.2, 0) is 16.1 Å². The van der Waals surface area contributed by atoms with Crippen LogP contribution in [-0.4, -0.2) is 36.2 Å². The third-order valence-electron chi connectivity index (χ3n) is 4.58. The van der Waals surface area contributed by atoms with Crippen molar-refractivity contribution >= 4 is 17.5 Å².